The third kappa shape index (κ3) is 4.84. The van der Waals surface area contributed by atoms with Crippen molar-refractivity contribution in [1.82, 2.24) is 0 Å². The van der Waals surface area contributed by atoms with Crippen molar-refractivity contribution in [2.24, 2.45) is 5.92 Å². The first-order chi connectivity index (χ1) is 18.5. The minimum Gasteiger partial charge on any atom is -0.494 e. The first-order valence-electron chi connectivity index (χ1n) is 12.9. The highest BCUT2D eigenvalue weighted by molar-refractivity contribution is 6.23. The summed E-state index contributed by atoms with van der Waals surface area (Å²) in [6.45, 7) is 2.77. The molecule has 3 aromatic rings. The fourth-order valence-electron chi connectivity index (χ4n) is 5.04. The topological polar surface area (TPSA) is 102 Å². The van der Waals surface area contributed by atoms with Crippen molar-refractivity contribution in [2.75, 3.05) is 16.6 Å². The lowest BCUT2D eigenvalue weighted by atomic mass is 9.90. The zero-order valence-corrected chi connectivity index (χ0v) is 21.1. The number of unbranched alkanes of at least 4 members (excludes halogenated alkanes) is 3. The number of hydrogen-bond acceptors (Lipinski definition) is 7. The summed E-state index contributed by atoms with van der Waals surface area (Å²) in [6, 6.07) is 21.4. The van der Waals surface area contributed by atoms with E-state index in [1.165, 1.54) is 23.6 Å². The zero-order valence-electron chi connectivity index (χ0n) is 21.1. The molecule has 2 aliphatic heterocycles. The standard InChI is InChI=1S/C29H29N3O6/c1-2-3-4-8-18-37-24-16-14-21(15-17-24)30-28(33)25-26(20-10-9-13-23(19-20)32(35)36)31(38-27(25)29(30)34)22-11-6-5-7-12-22/h5-7,9-17,19,25-27H,2-4,8,18H2,1H3/t25-,26+,27-/m0/s1. The van der Waals surface area contributed by atoms with E-state index in [9.17, 15) is 19.7 Å². The predicted octanol–water partition coefficient (Wildman–Crippen LogP) is 5.61. The van der Waals surface area contributed by atoms with E-state index in [0.717, 1.165) is 24.2 Å². The Hall–Kier alpha value is -4.24. The summed E-state index contributed by atoms with van der Waals surface area (Å²) in [7, 11) is 0. The second-order valence-electron chi connectivity index (χ2n) is 9.42. The number of ether oxygens (including phenoxy) is 1. The molecule has 38 heavy (non-hydrogen) atoms. The van der Waals surface area contributed by atoms with Crippen LogP contribution in [0, 0.1) is 16.0 Å². The van der Waals surface area contributed by atoms with Crippen LogP contribution in [0.15, 0.2) is 78.9 Å². The Bertz CT molecular complexity index is 1310. The molecule has 5 rings (SSSR count). The van der Waals surface area contributed by atoms with Crippen LogP contribution in [0.25, 0.3) is 0 Å². The van der Waals surface area contributed by atoms with Crippen molar-refractivity contribution in [3.05, 3.63) is 94.5 Å². The highest BCUT2D eigenvalue weighted by Crippen LogP contribution is 2.48. The zero-order chi connectivity index (χ0) is 26.6. The van der Waals surface area contributed by atoms with Crippen molar-refractivity contribution >= 4 is 28.9 Å². The summed E-state index contributed by atoms with van der Waals surface area (Å²) in [5.74, 6) is -1.09. The van der Waals surface area contributed by atoms with Gasteiger partial charge in [-0.2, -0.15) is 0 Å². The van der Waals surface area contributed by atoms with Crippen LogP contribution < -0.4 is 14.7 Å². The molecule has 0 aliphatic carbocycles. The highest BCUT2D eigenvalue weighted by atomic mass is 16.7. The molecule has 0 saturated carbocycles. The SMILES string of the molecule is CCCCCCOc1ccc(N2C(=O)[C@@H]3[C@H](ON(c4ccccc4)[C@@H]3c3cccc([N+](=O)[O-])c3)C2=O)cc1. The molecule has 3 aromatic carbocycles. The van der Waals surface area contributed by atoms with E-state index in [2.05, 4.69) is 6.92 Å². The van der Waals surface area contributed by atoms with Gasteiger partial charge in [-0.3, -0.25) is 24.5 Å². The lowest BCUT2D eigenvalue weighted by Crippen LogP contribution is -2.37. The maximum atomic E-state index is 13.8. The number of carbonyl (C=O) groups excluding carboxylic acids is 2. The lowest BCUT2D eigenvalue weighted by Gasteiger charge is -2.28. The van der Waals surface area contributed by atoms with Gasteiger partial charge in [0.2, 0.25) is 5.91 Å². The molecule has 0 aromatic heterocycles. The van der Waals surface area contributed by atoms with Gasteiger partial charge in [0.1, 0.15) is 11.7 Å². The Kier molecular flexibility index (Phi) is 7.37. The van der Waals surface area contributed by atoms with Gasteiger partial charge in [0.05, 0.1) is 28.9 Å². The predicted molar refractivity (Wildman–Crippen MR) is 142 cm³/mol. The summed E-state index contributed by atoms with van der Waals surface area (Å²) < 4.78 is 5.79. The number of nitro benzene ring substituents is 1. The number of nitrogens with zero attached hydrogens (tertiary/aromatic N) is 3. The lowest BCUT2D eigenvalue weighted by molar-refractivity contribution is -0.384. The molecular weight excluding hydrogens is 486 g/mol. The quantitative estimate of drug-likeness (QED) is 0.150. The third-order valence-corrected chi connectivity index (χ3v) is 6.91. The fraction of sp³-hybridized carbons (Fsp3) is 0.310. The Balaban J connectivity index is 1.41. The fourth-order valence-corrected chi connectivity index (χ4v) is 5.04. The number of hydroxylamine groups is 1. The molecule has 2 saturated heterocycles. The normalized spacial score (nSPS) is 20.6. The van der Waals surface area contributed by atoms with Gasteiger partial charge in [0, 0.05) is 12.1 Å². The van der Waals surface area contributed by atoms with Crippen molar-refractivity contribution in [2.45, 2.75) is 44.8 Å². The summed E-state index contributed by atoms with van der Waals surface area (Å²) in [6.07, 6.45) is 3.35. The monoisotopic (exact) mass is 515 g/mol. The van der Waals surface area contributed by atoms with Gasteiger partial charge in [-0.1, -0.05) is 56.5 Å². The molecule has 0 N–H and O–H groups in total. The van der Waals surface area contributed by atoms with Gasteiger partial charge in [0.15, 0.2) is 6.10 Å². The molecule has 2 heterocycles. The molecular formula is C29H29N3O6. The minimum absolute atomic E-state index is 0.0992. The number of fused-ring (bicyclic) bond motifs is 1. The molecule has 3 atom stereocenters. The Labute approximate surface area is 220 Å². The minimum atomic E-state index is -1.05. The Morgan fingerprint density at radius 1 is 0.895 bits per heavy atom. The van der Waals surface area contributed by atoms with Crippen LogP contribution >= 0.6 is 0 Å². The number of hydrogen-bond donors (Lipinski definition) is 0. The van der Waals surface area contributed by atoms with Gasteiger partial charge in [-0.15, -0.1) is 0 Å². The molecule has 9 heteroatoms. The van der Waals surface area contributed by atoms with E-state index in [-0.39, 0.29) is 5.69 Å². The maximum Gasteiger partial charge on any atom is 0.269 e. The van der Waals surface area contributed by atoms with E-state index in [1.807, 2.05) is 18.2 Å². The molecule has 0 bridgehead atoms. The highest BCUT2D eigenvalue weighted by Gasteiger charge is 2.60. The van der Waals surface area contributed by atoms with E-state index in [1.54, 1.807) is 48.5 Å². The number of imide groups is 1. The van der Waals surface area contributed by atoms with Crippen LogP contribution in [0.1, 0.15) is 44.2 Å². The van der Waals surface area contributed by atoms with E-state index in [0.29, 0.717) is 29.3 Å². The van der Waals surface area contributed by atoms with Crippen LogP contribution in [0.5, 0.6) is 5.75 Å². The maximum absolute atomic E-state index is 13.8. The first kappa shape index (κ1) is 25.4. The summed E-state index contributed by atoms with van der Waals surface area (Å²) in [5.41, 5.74) is 1.50. The van der Waals surface area contributed by atoms with Crippen LogP contribution in [0.4, 0.5) is 17.1 Å². The van der Waals surface area contributed by atoms with Gasteiger partial charge < -0.3 is 4.74 Å². The Morgan fingerprint density at radius 2 is 1.66 bits per heavy atom. The molecule has 2 fully saturated rings. The average Bonchev–Trinajstić information content (AvgIpc) is 3.45. The molecule has 0 radical (unpaired) electrons. The smallest absolute Gasteiger partial charge is 0.269 e. The molecule has 0 unspecified atom stereocenters. The van der Waals surface area contributed by atoms with Gasteiger partial charge >= 0.3 is 0 Å². The Morgan fingerprint density at radius 3 is 2.37 bits per heavy atom. The third-order valence-electron chi connectivity index (χ3n) is 6.91. The van der Waals surface area contributed by atoms with Crippen molar-refractivity contribution in [3.63, 3.8) is 0 Å². The molecule has 2 aliphatic rings. The van der Waals surface area contributed by atoms with E-state index < -0.39 is 34.8 Å². The van der Waals surface area contributed by atoms with E-state index >= 15 is 0 Å². The molecule has 0 spiro atoms. The summed E-state index contributed by atoms with van der Waals surface area (Å²) in [5, 5.41) is 13.0. The second-order valence-corrected chi connectivity index (χ2v) is 9.42. The van der Waals surface area contributed by atoms with E-state index in [4.69, 9.17) is 9.57 Å². The number of anilines is 2. The largest absolute Gasteiger partial charge is 0.494 e. The number of amides is 2. The molecule has 9 nitrogen and oxygen atoms in total. The summed E-state index contributed by atoms with van der Waals surface area (Å²) >= 11 is 0. The number of para-hydroxylation sites is 1. The van der Waals surface area contributed by atoms with Crippen LogP contribution in [0.3, 0.4) is 0 Å². The number of carbonyl (C=O) groups is 2. The number of rotatable bonds is 10. The van der Waals surface area contributed by atoms with Crippen molar-refractivity contribution in [3.8, 4) is 5.75 Å². The van der Waals surface area contributed by atoms with Gasteiger partial charge in [0.25, 0.3) is 11.6 Å². The molecule has 2 amide bonds. The van der Waals surface area contributed by atoms with Crippen molar-refractivity contribution < 1.29 is 24.1 Å². The van der Waals surface area contributed by atoms with Crippen LogP contribution in [0.2, 0.25) is 0 Å². The van der Waals surface area contributed by atoms with Crippen molar-refractivity contribution in [1.29, 1.82) is 0 Å². The second kappa shape index (κ2) is 11.0. The number of non-ortho nitro benzene ring substituents is 1. The van der Waals surface area contributed by atoms with Gasteiger partial charge in [-0.25, -0.2) is 9.96 Å². The van der Waals surface area contributed by atoms with Crippen LogP contribution in [-0.2, 0) is 14.4 Å². The average molecular weight is 516 g/mol. The van der Waals surface area contributed by atoms with Crippen LogP contribution in [-0.4, -0.2) is 29.4 Å². The first-order valence-corrected chi connectivity index (χ1v) is 12.9. The van der Waals surface area contributed by atoms with Gasteiger partial charge in [-0.05, 0) is 48.4 Å². The number of nitro groups is 1. The summed E-state index contributed by atoms with van der Waals surface area (Å²) in [4.78, 5) is 45.5. The molecule has 196 valence electrons. The number of benzene rings is 3.